The lowest BCUT2D eigenvalue weighted by Crippen LogP contribution is -2.20. The van der Waals surface area contributed by atoms with Crippen LogP contribution in [0.15, 0.2) is 18.2 Å². The van der Waals surface area contributed by atoms with E-state index in [1.54, 1.807) is 0 Å². The van der Waals surface area contributed by atoms with Crippen molar-refractivity contribution >= 4 is 0 Å². The Morgan fingerprint density at radius 1 is 1.32 bits per heavy atom. The minimum Gasteiger partial charge on any atom is -0.492 e. The van der Waals surface area contributed by atoms with Gasteiger partial charge in [0.25, 0.3) is 0 Å². The number of hydrogen-bond donors (Lipinski definition) is 1. The summed E-state index contributed by atoms with van der Waals surface area (Å²) in [6.07, 6.45) is 1.16. The number of hydrogen-bond acceptors (Lipinski definition) is 3. The Hall–Kier alpha value is -1.06. The van der Waals surface area contributed by atoms with Gasteiger partial charge in [-0.05, 0) is 58.1 Å². The molecule has 3 heteroatoms. The van der Waals surface area contributed by atoms with E-state index in [9.17, 15) is 0 Å². The summed E-state index contributed by atoms with van der Waals surface area (Å²) < 4.78 is 5.80. The molecule has 0 spiro atoms. The maximum atomic E-state index is 5.80. The second kappa shape index (κ2) is 8.18. The van der Waals surface area contributed by atoms with E-state index in [1.165, 1.54) is 11.1 Å². The zero-order chi connectivity index (χ0) is 14.3. The second-order valence-electron chi connectivity index (χ2n) is 5.35. The molecule has 0 aliphatic heterocycles. The molecule has 1 aromatic rings. The van der Waals surface area contributed by atoms with Crippen LogP contribution in [0.5, 0.6) is 5.75 Å². The molecule has 1 aromatic carbocycles. The topological polar surface area (TPSA) is 24.5 Å². The quantitative estimate of drug-likeness (QED) is 0.781. The van der Waals surface area contributed by atoms with Crippen molar-refractivity contribution in [2.24, 2.45) is 0 Å². The highest BCUT2D eigenvalue weighted by atomic mass is 16.5. The van der Waals surface area contributed by atoms with Crippen molar-refractivity contribution in [2.75, 3.05) is 33.8 Å². The zero-order valence-electron chi connectivity index (χ0n) is 13.0. The molecular weight excluding hydrogens is 236 g/mol. The fraction of sp³-hybridized carbons (Fsp3) is 0.625. The molecule has 108 valence electrons. The molecular formula is C16H28N2O. The number of nitrogens with zero attached hydrogens (tertiary/aromatic N) is 1. The van der Waals surface area contributed by atoms with Gasteiger partial charge in [-0.3, -0.25) is 0 Å². The van der Waals surface area contributed by atoms with Gasteiger partial charge in [0.2, 0.25) is 0 Å². The van der Waals surface area contributed by atoms with Crippen LogP contribution in [0.2, 0.25) is 0 Å². The lowest BCUT2D eigenvalue weighted by molar-refractivity contribution is 0.260. The summed E-state index contributed by atoms with van der Waals surface area (Å²) in [6, 6.07) is 6.86. The molecule has 0 fully saturated rings. The molecule has 0 aliphatic rings. The van der Waals surface area contributed by atoms with Gasteiger partial charge in [0.05, 0.1) is 0 Å². The smallest absolute Gasteiger partial charge is 0.122 e. The van der Waals surface area contributed by atoms with E-state index in [2.05, 4.69) is 63.3 Å². The van der Waals surface area contributed by atoms with E-state index < -0.39 is 0 Å². The fourth-order valence-corrected chi connectivity index (χ4v) is 1.92. The van der Waals surface area contributed by atoms with Crippen molar-refractivity contribution in [3.8, 4) is 5.75 Å². The van der Waals surface area contributed by atoms with Gasteiger partial charge in [0.15, 0.2) is 0 Å². The highest BCUT2D eigenvalue weighted by Crippen LogP contribution is 2.22. The molecule has 19 heavy (non-hydrogen) atoms. The van der Waals surface area contributed by atoms with Gasteiger partial charge in [-0.2, -0.15) is 0 Å². The minimum absolute atomic E-state index is 0.398. The first-order valence-corrected chi connectivity index (χ1v) is 7.16. The number of aryl methyl sites for hydroxylation is 1. The SMILES string of the molecule is CCCNC(C)c1ccc(OCCN(C)C)c(C)c1. The molecule has 1 unspecified atom stereocenters. The first-order chi connectivity index (χ1) is 9.04. The number of nitrogens with one attached hydrogen (secondary N) is 1. The normalized spacial score (nSPS) is 12.7. The number of benzene rings is 1. The molecule has 1 N–H and O–H groups in total. The molecule has 0 aromatic heterocycles. The van der Waals surface area contributed by atoms with Crippen LogP contribution < -0.4 is 10.1 Å². The van der Waals surface area contributed by atoms with E-state index in [0.29, 0.717) is 6.04 Å². The van der Waals surface area contributed by atoms with Crippen molar-refractivity contribution in [1.29, 1.82) is 0 Å². The first-order valence-electron chi connectivity index (χ1n) is 7.16. The van der Waals surface area contributed by atoms with E-state index in [4.69, 9.17) is 4.74 Å². The molecule has 0 heterocycles. The third-order valence-electron chi connectivity index (χ3n) is 3.20. The molecule has 0 saturated heterocycles. The summed E-state index contributed by atoms with van der Waals surface area (Å²) in [7, 11) is 4.11. The first kappa shape index (κ1) is 16.0. The number of rotatable bonds is 8. The van der Waals surface area contributed by atoms with Crippen LogP contribution in [0.3, 0.4) is 0 Å². The van der Waals surface area contributed by atoms with Crippen molar-refractivity contribution in [3.05, 3.63) is 29.3 Å². The Balaban J connectivity index is 2.58. The summed E-state index contributed by atoms with van der Waals surface area (Å²) in [4.78, 5) is 2.13. The van der Waals surface area contributed by atoms with Crippen LogP contribution in [0.1, 0.15) is 37.4 Å². The van der Waals surface area contributed by atoms with E-state index in [1.807, 2.05) is 0 Å². The Kier molecular flexibility index (Phi) is 6.89. The Morgan fingerprint density at radius 3 is 2.63 bits per heavy atom. The highest BCUT2D eigenvalue weighted by Gasteiger charge is 2.07. The van der Waals surface area contributed by atoms with Gasteiger partial charge in [0, 0.05) is 12.6 Å². The second-order valence-corrected chi connectivity index (χ2v) is 5.35. The number of ether oxygens (including phenoxy) is 1. The van der Waals surface area contributed by atoms with Crippen molar-refractivity contribution in [3.63, 3.8) is 0 Å². The summed E-state index contributed by atoms with van der Waals surface area (Å²) in [5.41, 5.74) is 2.53. The monoisotopic (exact) mass is 264 g/mol. The predicted molar refractivity (Wildman–Crippen MR) is 81.9 cm³/mol. The summed E-state index contributed by atoms with van der Waals surface area (Å²) in [6.45, 7) is 9.23. The summed E-state index contributed by atoms with van der Waals surface area (Å²) in [5.74, 6) is 0.994. The Bertz CT molecular complexity index is 377. The van der Waals surface area contributed by atoms with E-state index in [0.717, 1.165) is 31.9 Å². The molecule has 0 saturated carbocycles. The molecule has 3 nitrogen and oxygen atoms in total. The van der Waals surface area contributed by atoms with Crippen LogP contribution in [0.4, 0.5) is 0 Å². The maximum Gasteiger partial charge on any atom is 0.122 e. The summed E-state index contributed by atoms with van der Waals surface area (Å²) in [5, 5.41) is 3.51. The largest absolute Gasteiger partial charge is 0.492 e. The maximum absolute atomic E-state index is 5.80. The Labute approximate surface area is 118 Å². The lowest BCUT2D eigenvalue weighted by atomic mass is 10.0. The van der Waals surface area contributed by atoms with Gasteiger partial charge in [-0.15, -0.1) is 0 Å². The van der Waals surface area contributed by atoms with Crippen molar-refractivity contribution < 1.29 is 4.74 Å². The standard InChI is InChI=1S/C16H28N2O/c1-6-9-17-14(3)15-7-8-16(13(2)12-15)19-11-10-18(4)5/h7-8,12,14,17H,6,9-11H2,1-5H3. The average Bonchev–Trinajstić information content (AvgIpc) is 2.37. The third-order valence-corrected chi connectivity index (χ3v) is 3.20. The molecule has 1 atom stereocenters. The van der Waals surface area contributed by atoms with Gasteiger partial charge in [-0.25, -0.2) is 0 Å². The fourth-order valence-electron chi connectivity index (χ4n) is 1.92. The summed E-state index contributed by atoms with van der Waals surface area (Å²) >= 11 is 0. The van der Waals surface area contributed by atoms with Crippen LogP contribution in [-0.4, -0.2) is 38.7 Å². The van der Waals surface area contributed by atoms with Crippen LogP contribution in [0, 0.1) is 6.92 Å². The third kappa shape index (κ3) is 5.62. The molecule has 0 bridgehead atoms. The molecule has 0 amide bonds. The van der Waals surface area contributed by atoms with Gasteiger partial charge >= 0.3 is 0 Å². The van der Waals surface area contributed by atoms with E-state index in [-0.39, 0.29) is 0 Å². The van der Waals surface area contributed by atoms with Gasteiger partial charge in [0.1, 0.15) is 12.4 Å². The zero-order valence-corrected chi connectivity index (χ0v) is 13.0. The van der Waals surface area contributed by atoms with Crippen molar-refractivity contribution in [1.82, 2.24) is 10.2 Å². The van der Waals surface area contributed by atoms with Crippen LogP contribution in [-0.2, 0) is 0 Å². The lowest BCUT2D eigenvalue weighted by Gasteiger charge is -2.17. The average molecular weight is 264 g/mol. The van der Waals surface area contributed by atoms with Gasteiger partial charge < -0.3 is 15.0 Å². The van der Waals surface area contributed by atoms with Crippen molar-refractivity contribution in [2.45, 2.75) is 33.2 Å². The molecule has 1 rings (SSSR count). The van der Waals surface area contributed by atoms with Crippen LogP contribution in [0.25, 0.3) is 0 Å². The minimum atomic E-state index is 0.398. The van der Waals surface area contributed by atoms with E-state index >= 15 is 0 Å². The predicted octanol–water partition coefficient (Wildman–Crippen LogP) is 3.00. The van der Waals surface area contributed by atoms with Crippen LogP contribution >= 0.6 is 0 Å². The Morgan fingerprint density at radius 2 is 2.05 bits per heavy atom. The molecule has 0 radical (unpaired) electrons. The number of likely N-dealkylation sites (N-methyl/N-ethyl adjacent to an activating group) is 1. The highest BCUT2D eigenvalue weighted by molar-refractivity contribution is 5.37. The van der Waals surface area contributed by atoms with Gasteiger partial charge in [-0.1, -0.05) is 19.1 Å². The molecule has 0 aliphatic carbocycles.